The van der Waals surface area contributed by atoms with E-state index in [1.807, 2.05) is 0 Å². The summed E-state index contributed by atoms with van der Waals surface area (Å²) in [6, 6.07) is 0. The summed E-state index contributed by atoms with van der Waals surface area (Å²) >= 11 is 0. The summed E-state index contributed by atoms with van der Waals surface area (Å²) in [5.74, 6) is 59.9. The highest BCUT2D eigenvalue weighted by Crippen LogP contribution is 3.01. The van der Waals surface area contributed by atoms with Crippen molar-refractivity contribution in [2.24, 2.45) is 289 Å². The van der Waals surface area contributed by atoms with Crippen molar-refractivity contribution < 1.29 is 0 Å². The van der Waals surface area contributed by atoms with Crippen molar-refractivity contribution in [3.8, 4) is 0 Å². The summed E-state index contributed by atoms with van der Waals surface area (Å²) in [4.78, 5) is 0. The molecular formula is C110H170. The lowest BCUT2D eigenvalue weighted by molar-refractivity contribution is -0.565. The quantitative estimate of drug-likeness (QED) is 0.168. The first-order valence-corrected chi connectivity index (χ1v) is 54.5. The highest BCUT2D eigenvalue weighted by atomic mass is 15.0. The van der Waals surface area contributed by atoms with E-state index in [0.717, 1.165) is 11.3 Å². The fourth-order valence-electron chi connectivity index (χ4n) is 44.8. The second-order valence-electron chi connectivity index (χ2n) is 52.1. The molecule has 0 aromatic rings. The molecule has 0 nitrogen and oxygen atoms in total. The molecule has 0 heteroatoms. The van der Waals surface area contributed by atoms with Crippen LogP contribution in [0.3, 0.4) is 0 Å². The third kappa shape index (κ3) is 11.9. The van der Waals surface area contributed by atoms with Crippen molar-refractivity contribution in [1.29, 1.82) is 0 Å². The largest absolute Gasteiger partial charge is 0.0533 e. The molecule has 44 saturated carbocycles. The Kier molecular flexibility index (Phi) is 18.6. The van der Waals surface area contributed by atoms with E-state index in [4.69, 9.17) is 0 Å². The molecular weight excluding hydrogens is 1320 g/mol. The van der Waals surface area contributed by atoms with Crippen molar-refractivity contribution in [3.05, 3.63) is 0 Å². The van der Waals surface area contributed by atoms with Crippen molar-refractivity contribution >= 4 is 0 Å². The number of rotatable bonds is 0. The monoisotopic (exact) mass is 1490 g/mol. The minimum atomic E-state index is 0.906. The van der Waals surface area contributed by atoms with Gasteiger partial charge in [-0.3, -0.25) is 0 Å². The van der Waals surface area contributed by atoms with Gasteiger partial charge in [0.25, 0.3) is 0 Å². The van der Waals surface area contributed by atoms with Gasteiger partial charge >= 0.3 is 0 Å². The minimum absolute atomic E-state index is 0.906. The number of hydrogen-bond acceptors (Lipinski definition) is 0. The van der Waals surface area contributed by atoms with Gasteiger partial charge in [0.05, 0.1) is 0 Å². The molecule has 19 atom stereocenters. The first kappa shape index (κ1) is 71.7. The SMILES string of the molecule is C12C3C4C1C1C2C3C41.C1C2C3CC4C5CC3C1C5C24.C1C2CC3C1C3C2.C1C2CC3CC1CC(C2)C3.C1C2CC3CC1CC3C2.C1CC2C3C(C1)C23.C1CC2C3C1C23.C1CC2CC1C1C3CCC(C3)C21.C1CC2CC3CCCC3(C1)C2.C1CCC2C3CCC2C(C1)C3.C1CCCC1.C1CCCCC1.C1CCCCCC1. The van der Waals surface area contributed by atoms with Crippen LogP contribution in [0.1, 0.15) is 392 Å². The second-order valence-corrected chi connectivity index (χ2v) is 52.1. The Morgan fingerprint density at radius 2 is 0.418 bits per heavy atom. The van der Waals surface area contributed by atoms with Gasteiger partial charge in [0, 0.05) is 0 Å². The van der Waals surface area contributed by atoms with Gasteiger partial charge in [-0.25, -0.2) is 0 Å². The highest BCUT2D eigenvalue weighted by Gasteiger charge is 2.98. The van der Waals surface area contributed by atoms with Crippen molar-refractivity contribution in [3.63, 3.8) is 0 Å². The van der Waals surface area contributed by atoms with E-state index < -0.39 is 0 Å². The Morgan fingerprint density at radius 1 is 0.127 bits per heavy atom. The van der Waals surface area contributed by atoms with Gasteiger partial charge in [-0.1, -0.05) is 161 Å². The van der Waals surface area contributed by atoms with Gasteiger partial charge in [-0.15, -0.1) is 0 Å². The molecule has 1 spiro atoms. The number of hydrogen-bond donors (Lipinski definition) is 0. The molecule has 0 saturated heterocycles. The van der Waals surface area contributed by atoms with Gasteiger partial charge in [0.2, 0.25) is 0 Å². The van der Waals surface area contributed by atoms with E-state index in [9.17, 15) is 0 Å². The highest BCUT2D eigenvalue weighted by molar-refractivity contribution is 5.44. The average molecular weight is 1490 g/mol. The molecule has 44 aliphatic carbocycles. The molecule has 0 aromatic carbocycles. The fourth-order valence-corrected chi connectivity index (χ4v) is 44.8. The van der Waals surface area contributed by atoms with Crippen LogP contribution in [0.15, 0.2) is 0 Å². The maximum atomic E-state index is 1.68. The van der Waals surface area contributed by atoms with Crippen molar-refractivity contribution in [1.82, 2.24) is 0 Å². The van der Waals surface area contributed by atoms with Crippen LogP contribution in [0.25, 0.3) is 0 Å². The molecule has 0 amide bonds. The molecule has 44 aliphatic rings. The Bertz CT molecular complexity index is 2810. The third-order valence-corrected chi connectivity index (χ3v) is 48.4. The Balaban J connectivity index is 0.0000000669. The summed E-state index contributed by atoms with van der Waals surface area (Å²) in [6.07, 6.45) is 96.0. The fraction of sp³-hybridized carbons (Fsp3) is 1.00. The molecule has 610 valence electrons. The van der Waals surface area contributed by atoms with Gasteiger partial charge in [0.1, 0.15) is 0 Å². The molecule has 0 N–H and O–H groups in total. The van der Waals surface area contributed by atoms with Crippen LogP contribution in [0.4, 0.5) is 0 Å². The van der Waals surface area contributed by atoms with Crippen molar-refractivity contribution in [2.45, 2.75) is 392 Å². The lowest BCUT2D eigenvalue weighted by atomic mass is 9.01. The van der Waals surface area contributed by atoms with E-state index in [0.29, 0.717) is 0 Å². The van der Waals surface area contributed by atoms with Gasteiger partial charge in [-0.2, -0.15) is 0 Å². The van der Waals surface area contributed by atoms with Gasteiger partial charge in [0.15, 0.2) is 0 Å². The summed E-state index contributed by atoms with van der Waals surface area (Å²) in [6.45, 7) is 0. The van der Waals surface area contributed by atoms with Crippen LogP contribution >= 0.6 is 0 Å². The summed E-state index contributed by atoms with van der Waals surface area (Å²) in [5.41, 5.74) is 0.906. The molecule has 0 heterocycles. The maximum absolute atomic E-state index is 1.68. The number of fused-ring (bicyclic) bond motifs is 15. The molecule has 44 fully saturated rings. The normalized spacial score (nSPS) is 62.2. The lowest BCUT2D eigenvalue weighted by Gasteiger charge is -3.03. The van der Waals surface area contributed by atoms with E-state index in [1.54, 1.807) is 276 Å². The van der Waals surface area contributed by atoms with E-state index >= 15 is 0 Å². The van der Waals surface area contributed by atoms with Crippen LogP contribution in [-0.2, 0) is 0 Å². The smallest absolute Gasteiger partial charge is 0.0266 e. The van der Waals surface area contributed by atoms with E-state index in [1.165, 1.54) is 394 Å². The predicted octanol–water partition coefficient (Wildman–Crippen LogP) is 29.7. The topological polar surface area (TPSA) is 0 Å². The molecule has 0 aliphatic heterocycles. The van der Waals surface area contributed by atoms with E-state index in [2.05, 4.69) is 0 Å². The van der Waals surface area contributed by atoms with E-state index in [-0.39, 0.29) is 0 Å². The molecule has 0 radical (unpaired) electrons. The Morgan fingerprint density at radius 3 is 0.791 bits per heavy atom. The second kappa shape index (κ2) is 28.6. The zero-order valence-corrected chi connectivity index (χ0v) is 71.3. The van der Waals surface area contributed by atoms with Crippen LogP contribution < -0.4 is 0 Å². The molecule has 44 rings (SSSR count). The summed E-state index contributed by atoms with van der Waals surface area (Å²) < 4.78 is 0. The minimum Gasteiger partial charge on any atom is -0.0533 e. The lowest BCUT2D eigenvalue weighted by Crippen LogP contribution is -3.00. The van der Waals surface area contributed by atoms with Crippen LogP contribution in [0, 0.1) is 289 Å². The molecule has 110 heavy (non-hydrogen) atoms. The Labute approximate surface area is 676 Å². The third-order valence-electron chi connectivity index (χ3n) is 48.4. The van der Waals surface area contributed by atoms with Gasteiger partial charge < -0.3 is 0 Å². The van der Waals surface area contributed by atoms with Crippen LogP contribution in [0.5, 0.6) is 0 Å². The first-order chi connectivity index (χ1) is 54.5. The molecule has 19 unspecified atom stereocenters. The Hall–Kier alpha value is 0. The first-order valence-electron chi connectivity index (χ1n) is 54.5. The molecule has 0 aromatic heterocycles. The van der Waals surface area contributed by atoms with Gasteiger partial charge in [-0.05, 0) is 521 Å². The average Bonchev–Trinajstić information content (AvgIpc) is 1.07. The van der Waals surface area contributed by atoms with Crippen molar-refractivity contribution in [2.75, 3.05) is 0 Å². The zero-order valence-electron chi connectivity index (χ0n) is 71.3. The zero-order chi connectivity index (χ0) is 71.3. The maximum Gasteiger partial charge on any atom is -0.0266 e. The predicted molar refractivity (Wildman–Crippen MR) is 452 cm³/mol. The van der Waals surface area contributed by atoms with Crippen LogP contribution in [-0.4, -0.2) is 0 Å². The standard InChI is InChI=1S/C12H18.C11H14.2C11H18.C10H16.C9H14.C8H8.2C7H10.C7H14.C6H8.C6H12.C5H10/c1-2-8-5-7(1)11-9-3-4-10(6-9)12(8)11;1-4-5-2-9-8(1)10-6(4)3-7(5)11(9)10;1-3-9-7-10-4-2-6-11(10,5-1)8-9;1-2-4-10-9-5-6-11(10)8(3-1)7-9;1-7-2-9-4-8(1)5-10(3-7)6-9;1-6-2-8-4-7(1)5-9(8)3-6;1-2-5-3(1)7-4(1)6(2)8(5)7;1-4-2-6-5(1)7(6)3-4;1-2-4-6-5(3-1)7(4)6;1-2-4-6-7-5-3-1;1-2-4-5-3(1)6(4)5;1-2-4-6-5-3-1;1-2-4-5-3-1/h7-12H,1-6H2;4-11H,1-3H2;9-10H,1-8H2;8-11H,1-7H2;7-10H,1-6H2;6-9H,1-5H2;1-8H;2*4-7H,1-3H2;1-7H2;3-6H,1-2H2;1-6H2;1-5H2. The summed E-state index contributed by atoms with van der Waals surface area (Å²) in [7, 11) is 0. The molecule has 28 bridgehead atoms. The van der Waals surface area contributed by atoms with Crippen LogP contribution in [0.2, 0.25) is 0 Å². The summed E-state index contributed by atoms with van der Waals surface area (Å²) in [5, 5.41) is 0.